The van der Waals surface area contributed by atoms with Crippen LogP contribution in [0.4, 0.5) is 5.69 Å². The molecule has 1 aromatic rings. The van der Waals surface area contributed by atoms with Gasteiger partial charge in [-0.3, -0.25) is 4.99 Å². The van der Waals surface area contributed by atoms with Gasteiger partial charge in [0.25, 0.3) is 0 Å². The summed E-state index contributed by atoms with van der Waals surface area (Å²) in [7, 11) is 0. The van der Waals surface area contributed by atoms with E-state index in [9.17, 15) is 0 Å². The van der Waals surface area contributed by atoms with Crippen molar-refractivity contribution in [3.8, 4) is 0 Å². The van der Waals surface area contributed by atoms with Gasteiger partial charge in [-0.15, -0.1) is 0 Å². The number of nitrogens with zero attached hydrogens (tertiary/aromatic N) is 3. The fraction of sp³-hybridized carbons (Fsp3) is 0. The lowest BCUT2D eigenvalue weighted by Gasteiger charge is -1.99. The lowest BCUT2D eigenvalue weighted by atomic mass is 10.4. The Morgan fingerprint density at radius 1 is 1.36 bits per heavy atom. The summed E-state index contributed by atoms with van der Waals surface area (Å²) in [6.45, 7) is 0. The average molecular weight is 146 g/mol. The number of hydrogen-bond acceptors (Lipinski definition) is 4. The SMILES string of the molecule is C1=CNc2cncnc2C=N1. The van der Waals surface area contributed by atoms with Crippen LogP contribution in [-0.2, 0) is 0 Å². The summed E-state index contributed by atoms with van der Waals surface area (Å²) >= 11 is 0. The normalized spacial score (nSPS) is 13.5. The van der Waals surface area contributed by atoms with Gasteiger partial charge in [0.15, 0.2) is 0 Å². The van der Waals surface area contributed by atoms with Crippen molar-refractivity contribution in [3.63, 3.8) is 0 Å². The molecule has 0 aliphatic carbocycles. The minimum atomic E-state index is 0.810. The van der Waals surface area contributed by atoms with E-state index < -0.39 is 0 Å². The third-order valence-electron chi connectivity index (χ3n) is 1.34. The fourth-order valence-electron chi connectivity index (χ4n) is 0.837. The molecule has 0 fully saturated rings. The van der Waals surface area contributed by atoms with Crippen LogP contribution < -0.4 is 5.32 Å². The van der Waals surface area contributed by atoms with E-state index in [0.717, 1.165) is 11.4 Å². The molecule has 0 unspecified atom stereocenters. The maximum atomic E-state index is 4.02. The second-order valence-electron chi connectivity index (χ2n) is 2.06. The number of aliphatic imine (C=N–C) groups is 1. The minimum Gasteiger partial charge on any atom is -0.357 e. The van der Waals surface area contributed by atoms with Crippen molar-refractivity contribution in [2.45, 2.75) is 0 Å². The monoisotopic (exact) mass is 146 g/mol. The van der Waals surface area contributed by atoms with Gasteiger partial charge in [-0.25, -0.2) is 9.97 Å². The Labute approximate surface area is 63.7 Å². The highest BCUT2D eigenvalue weighted by Crippen LogP contribution is 2.09. The first-order valence-corrected chi connectivity index (χ1v) is 3.21. The molecule has 0 spiro atoms. The molecule has 1 aromatic heterocycles. The van der Waals surface area contributed by atoms with E-state index in [0.29, 0.717) is 0 Å². The standard InChI is InChI=1S/C7H6N4/c1-2-10-6-4-9-5-11-7(6)3-8-1/h1-5,10H. The summed E-state index contributed by atoms with van der Waals surface area (Å²) < 4.78 is 0. The molecule has 0 amide bonds. The van der Waals surface area contributed by atoms with Gasteiger partial charge in [0, 0.05) is 12.4 Å². The van der Waals surface area contributed by atoms with Crippen LogP contribution in [0.15, 0.2) is 29.9 Å². The first-order valence-electron chi connectivity index (χ1n) is 3.21. The van der Waals surface area contributed by atoms with Gasteiger partial charge in [-0.2, -0.15) is 0 Å². The number of fused-ring (bicyclic) bond motifs is 1. The lowest BCUT2D eigenvalue weighted by molar-refractivity contribution is 1.16. The number of aromatic nitrogens is 2. The largest absolute Gasteiger partial charge is 0.357 e. The average Bonchev–Trinajstić information content (AvgIpc) is 2.28. The van der Waals surface area contributed by atoms with Crippen LogP contribution in [-0.4, -0.2) is 16.2 Å². The summed E-state index contributed by atoms with van der Waals surface area (Å²) in [5.41, 5.74) is 1.69. The maximum Gasteiger partial charge on any atom is 0.116 e. The van der Waals surface area contributed by atoms with E-state index in [1.807, 2.05) is 0 Å². The predicted molar refractivity (Wildman–Crippen MR) is 42.4 cm³/mol. The topological polar surface area (TPSA) is 50.2 Å². The molecule has 54 valence electrons. The fourth-order valence-corrected chi connectivity index (χ4v) is 0.837. The van der Waals surface area contributed by atoms with Crippen molar-refractivity contribution >= 4 is 11.9 Å². The third-order valence-corrected chi connectivity index (χ3v) is 1.34. The Morgan fingerprint density at radius 2 is 2.36 bits per heavy atom. The first-order chi connectivity index (χ1) is 5.47. The first kappa shape index (κ1) is 6.03. The van der Waals surface area contributed by atoms with Gasteiger partial charge in [0.05, 0.1) is 18.1 Å². The molecule has 2 heterocycles. The van der Waals surface area contributed by atoms with Gasteiger partial charge >= 0.3 is 0 Å². The van der Waals surface area contributed by atoms with E-state index in [1.54, 1.807) is 24.8 Å². The predicted octanol–water partition coefficient (Wildman–Crippen LogP) is 0.792. The second-order valence-corrected chi connectivity index (χ2v) is 2.06. The molecule has 0 atom stereocenters. The molecule has 0 saturated carbocycles. The van der Waals surface area contributed by atoms with Crippen molar-refractivity contribution in [3.05, 3.63) is 30.6 Å². The third kappa shape index (κ3) is 1.10. The molecule has 11 heavy (non-hydrogen) atoms. The van der Waals surface area contributed by atoms with E-state index in [1.165, 1.54) is 6.33 Å². The van der Waals surface area contributed by atoms with Gasteiger partial charge in [0.1, 0.15) is 12.0 Å². The zero-order valence-electron chi connectivity index (χ0n) is 5.73. The van der Waals surface area contributed by atoms with Crippen LogP contribution in [0.25, 0.3) is 0 Å². The van der Waals surface area contributed by atoms with Crippen molar-refractivity contribution in [2.24, 2.45) is 4.99 Å². The van der Waals surface area contributed by atoms with Gasteiger partial charge in [-0.1, -0.05) is 0 Å². The number of nitrogens with one attached hydrogen (secondary N) is 1. The molecule has 0 bridgehead atoms. The summed E-state index contributed by atoms with van der Waals surface area (Å²) in [4.78, 5) is 11.8. The summed E-state index contributed by atoms with van der Waals surface area (Å²) in [6.07, 6.45) is 8.31. The highest BCUT2D eigenvalue weighted by molar-refractivity contribution is 5.86. The molecular weight excluding hydrogens is 140 g/mol. The molecule has 1 aliphatic heterocycles. The van der Waals surface area contributed by atoms with Crippen LogP contribution in [0.1, 0.15) is 5.69 Å². The molecule has 1 aliphatic rings. The second kappa shape index (κ2) is 2.49. The molecule has 0 saturated heterocycles. The highest BCUT2D eigenvalue weighted by Gasteiger charge is 1.99. The Hall–Kier alpha value is -1.71. The van der Waals surface area contributed by atoms with Crippen molar-refractivity contribution in [1.82, 2.24) is 9.97 Å². The van der Waals surface area contributed by atoms with E-state index in [2.05, 4.69) is 20.3 Å². The molecule has 2 rings (SSSR count). The molecule has 0 radical (unpaired) electrons. The van der Waals surface area contributed by atoms with Gasteiger partial charge in [0.2, 0.25) is 0 Å². The summed E-state index contributed by atoms with van der Waals surface area (Å²) in [5, 5.41) is 2.99. The molecule has 0 aromatic carbocycles. The van der Waals surface area contributed by atoms with Crippen LogP contribution >= 0.6 is 0 Å². The quantitative estimate of drug-likeness (QED) is 0.588. The van der Waals surface area contributed by atoms with Gasteiger partial charge in [-0.05, 0) is 0 Å². The van der Waals surface area contributed by atoms with Crippen molar-refractivity contribution in [1.29, 1.82) is 0 Å². The number of hydrogen-bond donors (Lipinski definition) is 1. The van der Waals surface area contributed by atoms with Crippen molar-refractivity contribution < 1.29 is 0 Å². The van der Waals surface area contributed by atoms with Crippen LogP contribution in [0, 0.1) is 0 Å². The highest BCUT2D eigenvalue weighted by atomic mass is 15.0. The smallest absolute Gasteiger partial charge is 0.116 e. The van der Waals surface area contributed by atoms with E-state index in [4.69, 9.17) is 0 Å². The molecular formula is C7H6N4. The Kier molecular flexibility index (Phi) is 1.37. The summed E-state index contributed by atoms with van der Waals surface area (Å²) in [5.74, 6) is 0. The lowest BCUT2D eigenvalue weighted by Crippen LogP contribution is -1.95. The Bertz CT molecular complexity index is 316. The minimum absolute atomic E-state index is 0.810. The Morgan fingerprint density at radius 3 is 3.36 bits per heavy atom. The number of rotatable bonds is 0. The Balaban J connectivity index is 2.52. The maximum absolute atomic E-state index is 4.02. The van der Waals surface area contributed by atoms with E-state index in [-0.39, 0.29) is 0 Å². The van der Waals surface area contributed by atoms with E-state index >= 15 is 0 Å². The van der Waals surface area contributed by atoms with Crippen LogP contribution in [0.2, 0.25) is 0 Å². The van der Waals surface area contributed by atoms with Crippen LogP contribution in [0.3, 0.4) is 0 Å². The van der Waals surface area contributed by atoms with Gasteiger partial charge < -0.3 is 5.32 Å². The van der Waals surface area contributed by atoms with Crippen LogP contribution in [0.5, 0.6) is 0 Å². The molecule has 1 N–H and O–H groups in total. The number of anilines is 1. The van der Waals surface area contributed by atoms with Crippen molar-refractivity contribution in [2.75, 3.05) is 5.32 Å². The summed E-state index contributed by atoms with van der Waals surface area (Å²) in [6, 6.07) is 0. The zero-order valence-corrected chi connectivity index (χ0v) is 5.73. The molecule has 4 heteroatoms. The zero-order chi connectivity index (χ0) is 7.52. The molecule has 4 nitrogen and oxygen atoms in total.